The molecule has 106 valence electrons. The SMILES string of the molecule is O=C(O)CN(CC(=O)O)S(=O)(=O)NCC(F)(F)F. The average Bonchev–Trinajstić information content (AvgIpc) is 2.11. The van der Waals surface area contributed by atoms with E-state index in [9.17, 15) is 31.2 Å². The number of halogens is 3. The average molecular weight is 294 g/mol. The van der Waals surface area contributed by atoms with Gasteiger partial charge in [0, 0.05) is 0 Å². The summed E-state index contributed by atoms with van der Waals surface area (Å²) in [5, 5.41) is 16.7. The Kier molecular flexibility index (Phi) is 5.51. The third kappa shape index (κ3) is 7.03. The number of alkyl halides is 3. The molecule has 0 aromatic heterocycles. The van der Waals surface area contributed by atoms with Gasteiger partial charge in [0.2, 0.25) is 0 Å². The van der Waals surface area contributed by atoms with Crippen molar-refractivity contribution in [3.05, 3.63) is 0 Å². The molecule has 0 rings (SSSR count). The molecular formula is C6H9F3N2O6S. The van der Waals surface area contributed by atoms with Gasteiger partial charge in [0.15, 0.2) is 0 Å². The van der Waals surface area contributed by atoms with Crippen molar-refractivity contribution in [2.45, 2.75) is 6.18 Å². The standard InChI is InChI=1S/C6H9F3N2O6S/c7-6(8,9)3-10-18(16,17)11(1-4(12)13)2-5(14)15/h10H,1-3H2,(H,12,13)(H,14,15). The molecule has 0 aromatic rings. The quantitative estimate of drug-likeness (QED) is 0.545. The monoisotopic (exact) mass is 294 g/mol. The Morgan fingerprint density at radius 2 is 1.50 bits per heavy atom. The van der Waals surface area contributed by atoms with Gasteiger partial charge in [0.25, 0.3) is 10.2 Å². The molecule has 0 saturated heterocycles. The lowest BCUT2D eigenvalue weighted by Gasteiger charge is -2.19. The topological polar surface area (TPSA) is 124 Å². The summed E-state index contributed by atoms with van der Waals surface area (Å²) in [5.41, 5.74) is 0. The molecule has 0 spiro atoms. The molecule has 18 heavy (non-hydrogen) atoms. The van der Waals surface area contributed by atoms with E-state index in [1.165, 1.54) is 0 Å². The lowest BCUT2D eigenvalue weighted by atomic mass is 10.6. The van der Waals surface area contributed by atoms with E-state index in [1.54, 1.807) is 0 Å². The number of rotatable bonds is 7. The van der Waals surface area contributed by atoms with E-state index < -0.39 is 48.0 Å². The predicted molar refractivity (Wildman–Crippen MR) is 49.8 cm³/mol. The summed E-state index contributed by atoms with van der Waals surface area (Å²) in [6, 6.07) is 0. The maximum atomic E-state index is 11.8. The van der Waals surface area contributed by atoms with Crippen molar-refractivity contribution >= 4 is 22.1 Å². The molecule has 0 aromatic carbocycles. The second-order valence-corrected chi connectivity index (χ2v) is 4.75. The first-order valence-electron chi connectivity index (χ1n) is 4.19. The summed E-state index contributed by atoms with van der Waals surface area (Å²) >= 11 is 0. The number of carbonyl (C=O) groups is 2. The van der Waals surface area contributed by atoms with E-state index >= 15 is 0 Å². The van der Waals surface area contributed by atoms with Crippen molar-refractivity contribution in [3.8, 4) is 0 Å². The minimum atomic E-state index is -4.84. The Labute approximate surface area is 99.2 Å². The molecule has 0 fully saturated rings. The minimum absolute atomic E-state index is 0.136. The van der Waals surface area contributed by atoms with E-state index in [-0.39, 0.29) is 4.31 Å². The second-order valence-electron chi connectivity index (χ2n) is 3.00. The normalized spacial score (nSPS) is 12.7. The first-order chi connectivity index (χ1) is 7.94. The van der Waals surface area contributed by atoms with Crippen molar-refractivity contribution in [3.63, 3.8) is 0 Å². The minimum Gasteiger partial charge on any atom is -0.480 e. The van der Waals surface area contributed by atoms with Crippen LogP contribution < -0.4 is 4.72 Å². The number of hydrogen-bond donors (Lipinski definition) is 3. The summed E-state index contributed by atoms with van der Waals surface area (Å²) < 4.78 is 58.8. The molecule has 12 heteroatoms. The molecule has 0 heterocycles. The van der Waals surface area contributed by atoms with Crippen molar-refractivity contribution in [1.82, 2.24) is 9.03 Å². The second kappa shape index (κ2) is 5.97. The first kappa shape index (κ1) is 16.6. The fourth-order valence-corrected chi connectivity index (χ4v) is 1.88. The molecular weight excluding hydrogens is 285 g/mol. The fourth-order valence-electron chi connectivity index (χ4n) is 0.792. The zero-order valence-corrected chi connectivity index (χ0v) is 9.45. The first-order valence-corrected chi connectivity index (χ1v) is 5.63. The Balaban J connectivity index is 4.85. The van der Waals surface area contributed by atoms with Crippen LogP contribution in [-0.4, -0.2) is 60.7 Å². The van der Waals surface area contributed by atoms with Crippen LogP contribution in [0.3, 0.4) is 0 Å². The highest BCUT2D eigenvalue weighted by atomic mass is 32.2. The highest BCUT2D eigenvalue weighted by Gasteiger charge is 2.33. The van der Waals surface area contributed by atoms with Crippen molar-refractivity contribution < 1.29 is 41.4 Å². The van der Waals surface area contributed by atoms with Gasteiger partial charge in [-0.3, -0.25) is 9.59 Å². The van der Waals surface area contributed by atoms with Crippen LogP contribution >= 0.6 is 0 Å². The summed E-state index contributed by atoms with van der Waals surface area (Å²) in [7, 11) is -4.84. The van der Waals surface area contributed by atoms with Crippen LogP contribution in [0.25, 0.3) is 0 Å². The van der Waals surface area contributed by atoms with Crippen LogP contribution in [0.5, 0.6) is 0 Å². The largest absolute Gasteiger partial charge is 0.480 e. The highest BCUT2D eigenvalue weighted by Crippen LogP contribution is 2.13. The molecule has 0 bridgehead atoms. The lowest BCUT2D eigenvalue weighted by Crippen LogP contribution is -2.48. The number of aliphatic carboxylic acids is 2. The van der Waals surface area contributed by atoms with Crippen LogP contribution in [0.15, 0.2) is 0 Å². The molecule has 0 aliphatic rings. The van der Waals surface area contributed by atoms with Crippen molar-refractivity contribution in [1.29, 1.82) is 0 Å². The fraction of sp³-hybridized carbons (Fsp3) is 0.667. The van der Waals surface area contributed by atoms with Gasteiger partial charge in [-0.05, 0) is 0 Å². The molecule has 0 amide bonds. The van der Waals surface area contributed by atoms with Gasteiger partial charge in [-0.15, -0.1) is 0 Å². The molecule has 0 unspecified atom stereocenters. The number of carboxylic acid groups (broad SMARTS) is 2. The zero-order valence-electron chi connectivity index (χ0n) is 8.64. The van der Waals surface area contributed by atoms with Crippen LogP contribution in [0.4, 0.5) is 13.2 Å². The van der Waals surface area contributed by atoms with Gasteiger partial charge in [-0.25, -0.2) is 0 Å². The Bertz CT molecular complexity index is 404. The molecule has 0 saturated carbocycles. The van der Waals surface area contributed by atoms with E-state index in [4.69, 9.17) is 10.2 Å². The van der Waals surface area contributed by atoms with Crippen molar-refractivity contribution in [2.75, 3.05) is 19.6 Å². The molecule has 0 radical (unpaired) electrons. The van der Waals surface area contributed by atoms with Crippen LogP contribution in [-0.2, 0) is 19.8 Å². The lowest BCUT2D eigenvalue weighted by molar-refractivity contribution is -0.139. The van der Waals surface area contributed by atoms with E-state index in [1.807, 2.05) is 0 Å². The zero-order chi connectivity index (χ0) is 14.6. The Hall–Kier alpha value is -1.40. The number of nitrogens with one attached hydrogen (secondary N) is 1. The highest BCUT2D eigenvalue weighted by molar-refractivity contribution is 7.87. The van der Waals surface area contributed by atoms with Crippen molar-refractivity contribution in [2.24, 2.45) is 0 Å². The van der Waals surface area contributed by atoms with Crippen LogP contribution in [0, 0.1) is 0 Å². The van der Waals surface area contributed by atoms with Gasteiger partial charge < -0.3 is 10.2 Å². The summed E-state index contributed by atoms with van der Waals surface area (Å²) in [5.74, 6) is -3.40. The van der Waals surface area contributed by atoms with Gasteiger partial charge in [0.05, 0.1) is 0 Å². The summed E-state index contributed by atoms with van der Waals surface area (Å²) in [4.78, 5) is 20.6. The molecule has 0 atom stereocenters. The smallest absolute Gasteiger partial charge is 0.402 e. The Morgan fingerprint density at radius 1 is 1.11 bits per heavy atom. The van der Waals surface area contributed by atoms with E-state index in [0.29, 0.717) is 0 Å². The molecule has 0 aliphatic carbocycles. The predicted octanol–water partition coefficient (Wildman–Crippen LogP) is -1.15. The summed E-state index contributed by atoms with van der Waals surface area (Å²) in [6.07, 6.45) is -4.84. The van der Waals surface area contributed by atoms with E-state index in [2.05, 4.69) is 0 Å². The third-order valence-electron chi connectivity index (χ3n) is 1.42. The summed E-state index contributed by atoms with van der Waals surface area (Å²) in [6.45, 7) is -4.45. The molecule has 3 N–H and O–H groups in total. The van der Waals surface area contributed by atoms with Gasteiger partial charge in [0.1, 0.15) is 19.6 Å². The third-order valence-corrected chi connectivity index (χ3v) is 2.87. The van der Waals surface area contributed by atoms with E-state index in [0.717, 1.165) is 4.72 Å². The van der Waals surface area contributed by atoms with Gasteiger partial charge >= 0.3 is 18.1 Å². The van der Waals surface area contributed by atoms with Crippen LogP contribution in [0.1, 0.15) is 0 Å². The van der Waals surface area contributed by atoms with Crippen LogP contribution in [0.2, 0.25) is 0 Å². The number of hydrogen-bond acceptors (Lipinski definition) is 4. The molecule has 0 aliphatic heterocycles. The van der Waals surface area contributed by atoms with Gasteiger partial charge in [-0.1, -0.05) is 0 Å². The number of nitrogens with zero attached hydrogens (tertiary/aromatic N) is 1. The number of carboxylic acids is 2. The maximum Gasteiger partial charge on any atom is 0.402 e. The Morgan fingerprint density at radius 3 is 1.78 bits per heavy atom. The maximum absolute atomic E-state index is 11.8. The molecule has 8 nitrogen and oxygen atoms in total. The van der Waals surface area contributed by atoms with Gasteiger partial charge in [-0.2, -0.15) is 30.6 Å².